The second-order valence-corrected chi connectivity index (χ2v) is 8.18. The van der Waals surface area contributed by atoms with Crippen LogP contribution in [0.3, 0.4) is 0 Å². The first-order chi connectivity index (χ1) is 13.6. The first kappa shape index (κ1) is 18.5. The molecule has 1 amide bonds. The van der Waals surface area contributed by atoms with Crippen molar-refractivity contribution in [2.24, 2.45) is 0 Å². The Kier molecular flexibility index (Phi) is 5.32. The van der Waals surface area contributed by atoms with E-state index in [0.29, 0.717) is 22.2 Å². The molecule has 0 aliphatic heterocycles. The first-order valence-electron chi connectivity index (χ1n) is 8.77. The van der Waals surface area contributed by atoms with E-state index >= 15 is 0 Å². The lowest BCUT2D eigenvalue weighted by molar-refractivity contribution is 0.0946. The standard InChI is InChI=1S/C21H18ClN3O2S/c1-14-6-9-20-24-15(12-25(20)11-14)13-27-18-5-3-2-4-17(18)21(26)23-10-16-7-8-19(22)28-16/h2-9,11-12H,10,13H2,1H3,(H,23,26). The second kappa shape index (κ2) is 8.04. The molecule has 0 spiro atoms. The lowest BCUT2D eigenvalue weighted by atomic mass is 10.2. The zero-order valence-corrected chi connectivity index (χ0v) is 16.8. The van der Waals surface area contributed by atoms with Crippen molar-refractivity contribution < 1.29 is 9.53 Å². The number of carbonyl (C=O) groups is 1. The summed E-state index contributed by atoms with van der Waals surface area (Å²) in [6.45, 7) is 2.75. The number of pyridine rings is 1. The number of amides is 1. The monoisotopic (exact) mass is 411 g/mol. The van der Waals surface area contributed by atoms with Crippen LogP contribution in [0.5, 0.6) is 5.75 Å². The summed E-state index contributed by atoms with van der Waals surface area (Å²) in [5.74, 6) is 0.336. The van der Waals surface area contributed by atoms with Crippen LogP contribution in [0.2, 0.25) is 4.34 Å². The highest BCUT2D eigenvalue weighted by atomic mass is 35.5. The predicted octanol–water partition coefficient (Wildman–Crippen LogP) is 4.87. The second-order valence-electron chi connectivity index (χ2n) is 6.38. The summed E-state index contributed by atoms with van der Waals surface area (Å²) in [5, 5.41) is 2.91. The molecule has 0 saturated carbocycles. The highest BCUT2D eigenvalue weighted by molar-refractivity contribution is 7.16. The Morgan fingerprint density at radius 3 is 2.86 bits per heavy atom. The number of aromatic nitrogens is 2. The van der Waals surface area contributed by atoms with Gasteiger partial charge in [-0.2, -0.15) is 0 Å². The van der Waals surface area contributed by atoms with Crippen LogP contribution in [0, 0.1) is 6.92 Å². The predicted molar refractivity (Wildman–Crippen MR) is 111 cm³/mol. The number of imidazole rings is 1. The molecule has 0 fully saturated rings. The van der Waals surface area contributed by atoms with Crippen molar-refractivity contribution in [2.75, 3.05) is 0 Å². The van der Waals surface area contributed by atoms with Crippen LogP contribution in [-0.2, 0) is 13.2 Å². The number of nitrogens with zero attached hydrogens (tertiary/aromatic N) is 2. The van der Waals surface area contributed by atoms with E-state index in [1.165, 1.54) is 11.3 Å². The average molecular weight is 412 g/mol. The van der Waals surface area contributed by atoms with Gasteiger partial charge in [-0.15, -0.1) is 11.3 Å². The molecule has 0 unspecified atom stereocenters. The van der Waals surface area contributed by atoms with Crippen molar-refractivity contribution in [2.45, 2.75) is 20.1 Å². The van der Waals surface area contributed by atoms with Gasteiger partial charge in [0.2, 0.25) is 0 Å². The Morgan fingerprint density at radius 1 is 1.18 bits per heavy atom. The molecule has 0 aliphatic carbocycles. The maximum Gasteiger partial charge on any atom is 0.255 e. The number of hydrogen-bond donors (Lipinski definition) is 1. The van der Waals surface area contributed by atoms with Crippen LogP contribution in [0.4, 0.5) is 0 Å². The van der Waals surface area contributed by atoms with Gasteiger partial charge in [0, 0.05) is 17.3 Å². The van der Waals surface area contributed by atoms with Gasteiger partial charge in [-0.1, -0.05) is 29.8 Å². The number of thiophene rings is 1. The van der Waals surface area contributed by atoms with E-state index in [1.807, 2.05) is 60.1 Å². The minimum absolute atomic E-state index is 0.189. The molecule has 1 N–H and O–H groups in total. The number of halogens is 1. The summed E-state index contributed by atoms with van der Waals surface area (Å²) < 4.78 is 8.58. The fourth-order valence-corrected chi connectivity index (χ4v) is 3.89. The molecule has 28 heavy (non-hydrogen) atoms. The third-order valence-electron chi connectivity index (χ3n) is 4.21. The van der Waals surface area contributed by atoms with Crippen LogP contribution >= 0.6 is 22.9 Å². The summed E-state index contributed by atoms with van der Waals surface area (Å²) >= 11 is 7.38. The molecule has 0 aliphatic rings. The van der Waals surface area contributed by atoms with Crippen LogP contribution in [-0.4, -0.2) is 15.3 Å². The average Bonchev–Trinajstić information content (AvgIpc) is 3.29. The van der Waals surface area contributed by atoms with Gasteiger partial charge >= 0.3 is 0 Å². The first-order valence-corrected chi connectivity index (χ1v) is 9.96. The molecule has 7 heteroatoms. The van der Waals surface area contributed by atoms with Crippen LogP contribution in [0.15, 0.2) is 60.9 Å². The topological polar surface area (TPSA) is 55.6 Å². The molecule has 4 rings (SSSR count). The fourth-order valence-electron chi connectivity index (χ4n) is 2.87. The molecule has 3 heterocycles. The van der Waals surface area contributed by atoms with Crippen molar-refractivity contribution in [3.63, 3.8) is 0 Å². The zero-order valence-electron chi connectivity index (χ0n) is 15.2. The van der Waals surface area contributed by atoms with E-state index < -0.39 is 0 Å². The van der Waals surface area contributed by atoms with E-state index in [-0.39, 0.29) is 12.5 Å². The third-order valence-corrected chi connectivity index (χ3v) is 5.44. The van der Waals surface area contributed by atoms with Gasteiger partial charge in [0.1, 0.15) is 18.0 Å². The number of rotatable bonds is 6. The highest BCUT2D eigenvalue weighted by Crippen LogP contribution is 2.22. The van der Waals surface area contributed by atoms with E-state index in [2.05, 4.69) is 10.3 Å². The summed E-state index contributed by atoms with van der Waals surface area (Å²) in [4.78, 5) is 18.1. The number of carbonyl (C=O) groups excluding carboxylic acids is 1. The van der Waals surface area contributed by atoms with Gasteiger partial charge in [-0.25, -0.2) is 4.98 Å². The Bertz CT molecular complexity index is 1140. The van der Waals surface area contributed by atoms with E-state index in [9.17, 15) is 4.79 Å². The molecule has 3 aromatic heterocycles. The number of fused-ring (bicyclic) bond motifs is 1. The normalized spacial score (nSPS) is 10.9. The molecule has 142 valence electrons. The van der Waals surface area contributed by atoms with Gasteiger partial charge in [-0.3, -0.25) is 4.79 Å². The number of aryl methyl sites for hydroxylation is 1. The molecule has 5 nitrogen and oxygen atoms in total. The van der Waals surface area contributed by atoms with Crippen molar-refractivity contribution in [3.8, 4) is 5.75 Å². The maximum absolute atomic E-state index is 12.6. The van der Waals surface area contributed by atoms with Gasteiger partial charge in [-0.05, 0) is 42.8 Å². The number of para-hydroxylation sites is 1. The Balaban J connectivity index is 1.45. The molecule has 0 atom stereocenters. The van der Waals surface area contributed by atoms with Crippen molar-refractivity contribution in [1.82, 2.24) is 14.7 Å². The lowest BCUT2D eigenvalue weighted by Crippen LogP contribution is -2.23. The molecule has 1 aromatic carbocycles. The number of nitrogens with one attached hydrogen (secondary N) is 1. The van der Waals surface area contributed by atoms with E-state index in [1.54, 1.807) is 12.1 Å². The largest absolute Gasteiger partial charge is 0.486 e. The number of ether oxygens (including phenoxy) is 1. The molecular weight excluding hydrogens is 394 g/mol. The van der Waals surface area contributed by atoms with Crippen LogP contribution in [0.1, 0.15) is 26.5 Å². The fraction of sp³-hybridized carbons (Fsp3) is 0.143. The van der Waals surface area contributed by atoms with Crippen molar-refractivity contribution in [1.29, 1.82) is 0 Å². The quantitative estimate of drug-likeness (QED) is 0.492. The third kappa shape index (κ3) is 4.18. The summed E-state index contributed by atoms with van der Waals surface area (Å²) in [7, 11) is 0. The maximum atomic E-state index is 12.6. The van der Waals surface area contributed by atoms with E-state index in [0.717, 1.165) is 21.8 Å². The summed E-state index contributed by atoms with van der Waals surface area (Å²) in [6, 6.07) is 14.9. The summed E-state index contributed by atoms with van der Waals surface area (Å²) in [6.07, 6.45) is 3.95. The zero-order chi connectivity index (χ0) is 19.5. The summed E-state index contributed by atoms with van der Waals surface area (Å²) in [5.41, 5.74) is 3.31. The van der Waals surface area contributed by atoms with Gasteiger partial charge in [0.25, 0.3) is 5.91 Å². The smallest absolute Gasteiger partial charge is 0.255 e. The number of hydrogen-bond acceptors (Lipinski definition) is 4. The Hall–Kier alpha value is -2.83. The molecule has 4 aromatic rings. The molecule has 0 bridgehead atoms. The van der Waals surface area contributed by atoms with Gasteiger partial charge in [0.05, 0.1) is 22.1 Å². The minimum Gasteiger partial charge on any atom is -0.486 e. The van der Waals surface area contributed by atoms with Crippen molar-refractivity contribution >= 4 is 34.5 Å². The highest BCUT2D eigenvalue weighted by Gasteiger charge is 2.13. The molecule has 0 radical (unpaired) electrons. The minimum atomic E-state index is -0.189. The van der Waals surface area contributed by atoms with E-state index in [4.69, 9.17) is 16.3 Å². The van der Waals surface area contributed by atoms with Crippen LogP contribution in [0.25, 0.3) is 5.65 Å². The molecular formula is C21H18ClN3O2S. The Morgan fingerprint density at radius 2 is 2.04 bits per heavy atom. The SMILES string of the molecule is Cc1ccc2nc(COc3ccccc3C(=O)NCc3ccc(Cl)s3)cn2c1. The number of benzene rings is 1. The van der Waals surface area contributed by atoms with Gasteiger partial charge in [0.15, 0.2) is 0 Å². The molecule has 0 saturated heterocycles. The lowest BCUT2D eigenvalue weighted by Gasteiger charge is -2.10. The van der Waals surface area contributed by atoms with Gasteiger partial charge < -0.3 is 14.5 Å². The van der Waals surface area contributed by atoms with Crippen LogP contribution < -0.4 is 10.1 Å². The van der Waals surface area contributed by atoms with Crippen molar-refractivity contribution in [3.05, 3.63) is 87.0 Å². The Labute approximate surface area is 171 Å².